The summed E-state index contributed by atoms with van der Waals surface area (Å²) in [7, 11) is 0. The Labute approximate surface area is 187 Å². The molecule has 5 nitrogen and oxygen atoms in total. The first-order chi connectivity index (χ1) is 15.1. The quantitative estimate of drug-likeness (QED) is 0.451. The Morgan fingerprint density at radius 3 is 2.68 bits per heavy atom. The second kappa shape index (κ2) is 8.24. The minimum absolute atomic E-state index is 0.0157. The number of hydrogen-bond donors (Lipinski definition) is 0. The first-order valence-corrected chi connectivity index (χ1v) is 11.9. The Kier molecular flexibility index (Phi) is 5.29. The van der Waals surface area contributed by atoms with E-state index in [1.54, 1.807) is 18.3 Å². The molecule has 0 aliphatic carbocycles. The number of amides is 1. The fourth-order valence-corrected chi connectivity index (χ4v) is 5.77. The van der Waals surface area contributed by atoms with Crippen molar-refractivity contribution in [3.05, 3.63) is 81.0 Å². The highest BCUT2D eigenvalue weighted by Crippen LogP contribution is 2.33. The first kappa shape index (κ1) is 19.9. The normalized spacial score (nSPS) is 14.1. The number of thiophene rings is 2. The molecule has 0 N–H and O–H groups in total. The van der Waals surface area contributed by atoms with Crippen LogP contribution >= 0.6 is 22.7 Å². The third-order valence-electron chi connectivity index (χ3n) is 5.67. The molecule has 5 rings (SSSR count). The van der Waals surface area contributed by atoms with Crippen LogP contribution in [0.5, 0.6) is 0 Å². The number of fused-ring (bicyclic) bond motifs is 1. The molecule has 0 saturated heterocycles. The lowest BCUT2D eigenvalue weighted by Crippen LogP contribution is -2.39. The van der Waals surface area contributed by atoms with Gasteiger partial charge in [0.05, 0.1) is 5.39 Å². The minimum atomic E-state index is -0.141. The van der Waals surface area contributed by atoms with Crippen molar-refractivity contribution in [3.63, 3.8) is 0 Å². The van der Waals surface area contributed by atoms with E-state index in [1.165, 1.54) is 27.0 Å². The zero-order valence-electron chi connectivity index (χ0n) is 17.1. The lowest BCUT2D eigenvalue weighted by atomic mass is 9.99. The van der Waals surface area contributed by atoms with Crippen LogP contribution in [-0.4, -0.2) is 33.4 Å². The Morgan fingerprint density at radius 1 is 1.13 bits per heavy atom. The van der Waals surface area contributed by atoms with Gasteiger partial charge in [0.1, 0.15) is 17.2 Å². The van der Waals surface area contributed by atoms with E-state index in [1.807, 2.05) is 46.0 Å². The second-order valence-electron chi connectivity index (χ2n) is 7.54. The fraction of sp³-hybridized carbons (Fsp3) is 0.208. The minimum Gasteiger partial charge on any atom is -0.337 e. The van der Waals surface area contributed by atoms with Gasteiger partial charge in [-0.3, -0.25) is 14.2 Å². The molecule has 0 saturated carbocycles. The van der Waals surface area contributed by atoms with Crippen LogP contribution in [-0.2, 0) is 11.3 Å². The molecule has 1 aromatic carbocycles. The fourth-order valence-electron chi connectivity index (χ4n) is 3.97. The summed E-state index contributed by atoms with van der Waals surface area (Å²) in [5.74, 6) is 0.519. The third kappa shape index (κ3) is 3.75. The number of hydrogen-bond acceptors (Lipinski definition) is 5. The van der Waals surface area contributed by atoms with Crippen molar-refractivity contribution >= 4 is 44.4 Å². The van der Waals surface area contributed by atoms with Crippen LogP contribution in [0.2, 0.25) is 0 Å². The van der Waals surface area contributed by atoms with Crippen molar-refractivity contribution in [1.29, 1.82) is 0 Å². The summed E-state index contributed by atoms with van der Waals surface area (Å²) in [5, 5.41) is 4.59. The molecule has 7 heteroatoms. The van der Waals surface area contributed by atoms with Crippen molar-refractivity contribution in [2.45, 2.75) is 19.9 Å². The maximum absolute atomic E-state index is 13.3. The molecule has 0 radical (unpaired) electrons. The molecule has 4 aromatic rings. The topological polar surface area (TPSA) is 55.2 Å². The molecule has 1 amide bonds. The second-order valence-corrected chi connectivity index (χ2v) is 9.35. The van der Waals surface area contributed by atoms with Crippen LogP contribution in [0.15, 0.2) is 64.1 Å². The van der Waals surface area contributed by atoms with E-state index in [0.29, 0.717) is 24.3 Å². The Bertz CT molecular complexity index is 1330. The summed E-state index contributed by atoms with van der Waals surface area (Å²) in [4.78, 5) is 34.6. The SMILES string of the molecule is Cc1nc2scc(-c3cccs3)c2c(=O)n1CC(=O)N1CC=C(c2ccccc2)CC1. The van der Waals surface area contributed by atoms with Gasteiger partial charge in [-0.05, 0) is 35.9 Å². The third-order valence-corrected chi connectivity index (χ3v) is 7.45. The van der Waals surface area contributed by atoms with E-state index in [9.17, 15) is 9.59 Å². The van der Waals surface area contributed by atoms with E-state index < -0.39 is 0 Å². The van der Waals surface area contributed by atoms with Gasteiger partial charge in [-0.1, -0.05) is 42.5 Å². The lowest BCUT2D eigenvalue weighted by molar-refractivity contribution is -0.131. The van der Waals surface area contributed by atoms with Crippen molar-refractivity contribution in [1.82, 2.24) is 14.5 Å². The van der Waals surface area contributed by atoms with Gasteiger partial charge in [0.25, 0.3) is 5.56 Å². The predicted molar refractivity (Wildman–Crippen MR) is 128 cm³/mol. The van der Waals surface area contributed by atoms with Gasteiger partial charge in [-0.2, -0.15) is 0 Å². The molecule has 4 heterocycles. The first-order valence-electron chi connectivity index (χ1n) is 10.2. The monoisotopic (exact) mass is 447 g/mol. The Balaban J connectivity index is 1.41. The molecule has 1 aliphatic heterocycles. The van der Waals surface area contributed by atoms with Gasteiger partial charge in [0.2, 0.25) is 5.91 Å². The van der Waals surface area contributed by atoms with Crippen LogP contribution in [0.1, 0.15) is 17.8 Å². The number of benzene rings is 1. The van der Waals surface area contributed by atoms with Crippen LogP contribution in [0.25, 0.3) is 26.2 Å². The molecule has 156 valence electrons. The van der Waals surface area contributed by atoms with Crippen LogP contribution in [0.3, 0.4) is 0 Å². The molecule has 1 aliphatic rings. The summed E-state index contributed by atoms with van der Waals surface area (Å²) in [6, 6.07) is 14.2. The lowest BCUT2D eigenvalue weighted by Gasteiger charge is -2.27. The van der Waals surface area contributed by atoms with Gasteiger partial charge in [-0.15, -0.1) is 22.7 Å². The number of carbonyl (C=O) groups is 1. The van der Waals surface area contributed by atoms with E-state index in [4.69, 9.17) is 0 Å². The van der Waals surface area contributed by atoms with E-state index >= 15 is 0 Å². The molecule has 0 unspecified atom stereocenters. The molecular formula is C24H21N3O2S2. The maximum Gasteiger partial charge on any atom is 0.263 e. The molecule has 31 heavy (non-hydrogen) atoms. The van der Waals surface area contributed by atoms with E-state index in [0.717, 1.165) is 21.7 Å². The number of aryl methyl sites for hydroxylation is 1. The maximum atomic E-state index is 13.3. The van der Waals surface area contributed by atoms with Gasteiger partial charge in [0.15, 0.2) is 0 Å². The van der Waals surface area contributed by atoms with Crippen molar-refractivity contribution in [3.8, 4) is 10.4 Å². The average molecular weight is 448 g/mol. The smallest absolute Gasteiger partial charge is 0.263 e. The highest BCUT2D eigenvalue weighted by molar-refractivity contribution is 7.18. The van der Waals surface area contributed by atoms with E-state index in [-0.39, 0.29) is 18.0 Å². The van der Waals surface area contributed by atoms with Crippen LogP contribution < -0.4 is 5.56 Å². The van der Waals surface area contributed by atoms with Crippen molar-refractivity contribution in [2.24, 2.45) is 0 Å². The Hall–Kier alpha value is -3.03. The standard InChI is InChI=1S/C24H21N3O2S2/c1-16-25-23-22(19(15-31-23)20-8-5-13-30-20)24(29)27(16)14-21(28)26-11-9-18(10-12-26)17-6-3-2-4-7-17/h2-9,13,15H,10-12,14H2,1H3. The molecule has 0 spiro atoms. The molecular weight excluding hydrogens is 426 g/mol. The van der Waals surface area contributed by atoms with Crippen molar-refractivity contribution in [2.75, 3.05) is 13.1 Å². The van der Waals surface area contributed by atoms with Crippen LogP contribution in [0, 0.1) is 6.92 Å². The highest BCUT2D eigenvalue weighted by atomic mass is 32.1. The summed E-state index contributed by atoms with van der Waals surface area (Å²) in [5.41, 5.74) is 3.23. The predicted octanol–water partition coefficient (Wildman–Crippen LogP) is 4.81. The summed E-state index contributed by atoms with van der Waals surface area (Å²) in [6.45, 7) is 3.03. The number of aromatic nitrogens is 2. The van der Waals surface area contributed by atoms with Gasteiger partial charge in [-0.25, -0.2) is 4.98 Å². The summed E-state index contributed by atoms with van der Waals surface area (Å²) >= 11 is 3.07. The zero-order chi connectivity index (χ0) is 21.4. The average Bonchev–Trinajstić information content (AvgIpc) is 3.47. The Morgan fingerprint density at radius 2 is 1.97 bits per heavy atom. The molecule has 3 aromatic heterocycles. The molecule has 0 fully saturated rings. The van der Waals surface area contributed by atoms with Crippen LogP contribution in [0.4, 0.5) is 0 Å². The molecule has 0 bridgehead atoms. The number of nitrogens with zero attached hydrogens (tertiary/aromatic N) is 3. The highest BCUT2D eigenvalue weighted by Gasteiger charge is 2.21. The summed E-state index contributed by atoms with van der Waals surface area (Å²) < 4.78 is 1.52. The largest absolute Gasteiger partial charge is 0.337 e. The van der Waals surface area contributed by atoms with Crippen molar-refractivity contribution < 1.29 is 4.79 Å². The van der Waals surface area contributed by atoms with Gasteiger partial charge < -0.3 is 4.90 Å². The van der Waals surface area contributed by atoms with Gasteiger partial charge in [0, 0.05) is 28.9 Å². The summed E-state index contributed by atoms with van der Waals surface area (Å²) in [6.07, 6.45) is 2.93. The number of carbonyl (C=O) groups excluding carboxylic acids is 1. The zero-order valence-corrected chi connectivity index (χ0v) is 18.7. The molecule has 0 atom stereocenters. The van der Waals surface area contributed by atoms with Gasteiger partial charge >= 0.3 is 0 Å². The van der Waals surface area contributed by atoms with E-state index in [2.05, 4.69) is 23.2 Å². The number of rotatable bonds is 4.